The fourth-order valence-electron chi connectivity index (χ4n) is 2.58. The number of fused-ring (bicyclic) bond motifs is 1. The van der Waals surface area contributed by atoms with Gasteiger partial charge in [0.05, 0.1) is 6.61 Å². The van der Waals surface area contributed by atoms with E-state index in [1.165, 1.54) is 23.3 Å². The SMILES string of the molecule is Fc1ccc(CCNCc2cc(Br)cc3c2OCC3)cc1. The van der Waals surface area contributed by atoms with E-state index in [-0.39, 0.29) is 5.82 Å². The minimum absolute atomic E-state index is 0.187. The molecule has 0 aliphatic carbocycles. The summed E-state index contributed by atoms with van der Waals surface area (Å²) in [5, 5.41) is 3.43. The zero-order valence-electron chi connectivity index (χ0n) is 11.7. The van der Waals surface area contributed by atoms with Gasteiger partial charge in [0.15, 0.2) is 0 Å². The molecule has 1 aliphatic heterocycles. The van der Waals surface area contributed by atoms with Gasteiger partial charge in [-0.2, -0.15) is 0 Å². The van der Waals surface area contributed by atoms with E-state index in [1.54, 1.807) is 0 Å². The van der Waals surface area contributed by atoms with Crippen molar-refractivity contribution in [2.24, 2.45) is 0 Å². The lowest BCUT2D eigenvalue weighted by Crippen LogP contribution is -2.17. The highest BCUT2D eigenvalue weighted by Gasteiger charge is 2.16. The first-order chi connectivity index (χ1) is 10.2. The Morgan fingerprint density at radius 2 is 2.00 bits per heavy atom. The molecule has 1 heterocycles. The van der Waals surface area contributed by atoms with E-state index in [4.69, 9.17) is 4.74 Å². The third-order valence-electron chi connectivity index (χ3n) is 3.64. The molecule has 0 unspecified atom stereocenters. The summed E-state index contributed by atoms with van der Waals surface area (Å²) in [6.45, 7) is 2.41. The molecular formula is C17H17BrFNO. The molecule has 0 aromatic heterocycles. The lowest BCUT2D eigenvalue weighted by molar-refractivity contribution is 0.352. The second kappa shape index (κ2) is 6.58. The maximum absolute atomic E-state index is 12.8. The van der Waals surface area contributed by atoms with Crippen molar-refractivity contribution in [1.29, 1.82) is 0 Å². The average molecular weight is 350 g/mol. The first kappa shape index (κ1) is 14.5. The summed E-state index contributed by atoms with van der Waals surface area (Å²) < 4.78 is 19.6. The first-order valence-electron chi connectivity index (χ1n) is 7.11. The molecule has 21 heavy (non-hydrogen) atoms. The quantitative estimate of drug-likeness (QED) is 0.827. The molecule has 0 saturated carbocycles. The predicted octanol–water partition coefficient (Wildman–Crippen LogP) is 3.86. The molecule has 0 saturated heterocycles. The zero-order chi connectivity index (χ0) is 14.7. The van der Waals surface area contributed by atoms with Gasteiger partial charge >= 0.3 is 0 Å². The number of ether oxygens (including phenoxy) is 1. The topological polar surface area (TPSA) is 21.3 Å². The number of halogens is 2. The van der Waals surface area contributed by atoms with Crippen LogP contribution in [0.25, 0.3) is 0 Å². The molecular weight excluding hydrogens is 333 g/mol. The van der Waals surface area contributed by atoms with Gasteiger partial charge in [-0.05, 0) is 48.4 Å². The Labute approximate surface area is 132 Å². The van der Waals surface area contributed by atoms with Crippen LogP contribution in [-0.4, -0.2) is 13.2 Å². The van der Waals surface area contributed by atoms with Crippen LogP contribution in [0.4, 0.5) is 4.39 Å². The Bertz CT molecular complexity index is 627. The Hall–Kier alpha value is -1.39. The third kappa shape index (κ3) is 3.63. The fourth-order valence-corrected chi connectivity index (χ4v) is 3.14. The third-order valence-corrected chi connectivity index (χ3v) is 4.10. The largest absolute Gasteiger partial charge is 0.493 e. The summed E-state index contributed by atoms with van der Waals surface area (Å²) in [6.07, 6.45) is 1.87. The van der Waals surface area contributed by atoms with E-state index in [1.807, 2.05) is 12.1 Å². The fraction of sp³-hybridized carbons (Fsp3) is 0.294. The molecule has 1 aliphatic rings. The molecule has 3 rings (SSSR count). The highest BCUT2D eigenvalue weighted by atomic mass is 79.9. The molecule has 1 N–H and O–H groups in total. The standard InChI is InChI=1S/C17H17BrFNO/c18-15-9-13-6-8-21-17(13)14(10-15)11-20-7-5-12-1-3-16(19)4-2-12/h1-4,9-10,20H,5-8,11H2. The van der Waals surface area contributed by atoms with Crippen molar-refractivity contribution >= 4 is 15.9 Å². The van der Waals surface area contributed by atoms with Crippen molar-refractivity contribution in [3.63, 3.8) is 0 Å². The van der Waals surface area contributed by atoms with Gasteiger partial charge in [-0.3, -0.25) is 0 Å². The number of hydrogen-bond acceptors (Lipinski definition) is 2. The monoisotopic (exact) mass is 349 g/mol. The Kier molecular flexibility index (Phi) is 4.56. The van der Waals surface area contributed by atoms with Gasteiger partial charge in [0.1, 0.15) is 11.6 Å². The number of rotatable bonds is 5. The Balaban J connectivity index is 1.55. The molecule has 2 aromatic rings. The molecule has 4 heteroatoms. The van der Waals surface area contributed by atoms with Crippen LogP contribution in [0.3, 0.4) is 0 Å². The van der Waals surface area contributed by atoms with Crippen molar-refractivity contribution < 1.29 is 9.13 Å². The smallest absolute Gasteiger partial charge is 0.127 e. The molecule has 110 valence electrons. The maximum Gasteiger partial charge on any atom is 0.127 e. The van der Waals surface area contributed by atoms with Crippen molar-refractivity contribution in [2.75, 3.05) is 13.2 Å². The number of benzene rings is 2. The van der Waals surface area contributed by atoms with Crippen LogP contribution in [0.15, 0.2) is 40.9 Å². The maximum atomic E-state index is 12.8. The molecule has 2 nitrogen and oxygen atoms in total. The van der Waals surface area contributed by atoms with Gasteiger partial charge in [0.2, 0.25) is 0 Å². The van der Waals surface area contributed by atoms with Crippen molar-refractivity contribution in [1.82, 2.24) is 5.32 Å². The number of hydrogen-bond donors (Lipinski definition) is 1. The van der Waals surface area contributed by atoms with Crippen LogP contribution in [0, 0.1) is 5.82 Å². The Morgan fingerprint density at radius 3 is 2.81 bits per heavy atom. The Morgan fingerprint density at radius 1 is 1.19 bits per heavy atom. The van der Waals surface area contributed by atoms with E-state index in [0.29, 0.717) is 0 Å². The summed E-state index contributed by atoms with van der Waals surface area (Å²) in [6, 6.07) is 10.9. The highest BCUT2D eigenvalue weighted by molar-refractivity contribution is 9.10. The van der Waals surface area contributed by atoms with Crippen LogP contribution in [-0.2, 0) is 19.4 Å². The summed E-state index contributed by atoms with van der Waals surface area (Å²) >= 11 is 3.55. The van der Waals surface area contributed by atoms with Gasteiger partial charge in [0, 0.05) is 23.0 Å². The van der Waals surface area contributed by atoms with Gasteiger partial charge in [-0.15, -0.1) is 0 Å². The van der Waals surface area contributed by atoms with Crippen molar-refractivity contribution in [3.05, 3.63) is 63.4 Å². The van der Waals surface area contributed by atoms with E-state index in [9.17, 15) is 4.39 Å². The molecule has 0 bridgehead atoms. The minimum atomic E-state index is -0.187. The normalized spacial score (nSPS) is 13.0. The van der Waals surface area contributed by atoms with Gasteiger partial charge in [-0.1, -0.05) is 28.1 Å². The summed E-state index contributed by atoms with van der Waals surface area (Å²) in [7, 11) is 0. The van der Waals surface area contributed by atoms with E-state index in [0.717, 1.165) is 48.3 Å². The molecule has 2 aromatic carbocycles. The minimum Gasteiger partial charge on any atom is -0.493 e. The lowest BCUT2D eigenvalue weighted by Gasteiger charge is -2.10. The molecule has 0 spiro atoms. The summed E-state index contributed by atoms with van der Waals surface area (Å²) in [5.41, 5.74) is 3.61. The first-order valence-corrected chi connectivity index (χ1v) is 7.91. The van der Waals surface area contributed by atoms with Crippen LogP contribution >= 0.6 is 15.9 Å². The molecule has 0 radical (unpaired) electrons. The summed E-state index contributed by atoms with van der Waals surface area (Å²) in [5.74, 6) is 0.848. The van der Waals surface area contributed by atoms with Crippen LogP contribution in [0.1, 0.15) is 16.7 Å². The summed E-state index contributed by atoms with van der Waals surface area (Å²) in [4.78, 5) is 0. The average Bonchev–Trinajstić information content (AvgIpc) is 2.93. The van der Waals surface area contributed by atoms with Gasteiger partial charge in [0.25, 0.3) is 0 Å². The molecule has 0 fully saturated rings. The van der Waals surface area contributed by atoms with Gasteiger partial charge in [-0.25, -0.2) is 4.39 Å². The van der Waals surface area contributed by atoms with E-state index >= 15 is 0 Å². The van der Waals surface area contributed by atoms with Gasteiger partial charge < -0.3 is 10.1 Å². The van der Waals surface area contributed by atoms with Crippen LogP contribution < -0.4 is 10.1 Å². The second-order valence-electron chi connectivity index (χ2n) is 5.20. The molecule has 0 amide bonds. The second-order valence-corrected chi connectivity index (χ2v) is 6.12. The number of nitrogens with one attached hydrogen (secondary N) is 1. The van der Waals surface area contributed by atoms with Crippen LogP contribution in [0.2, 0.25) is 0 Å². The molecule has 0 atom stereocenters. The highest BCUT2D eigenvalue weighted by Crippen LogP contribution is 2.32. The lowest BCUT2D eigenvalue weighted by atomic mass is 10.1. The van der Waals surface area contributed by atoms with Crippen molar-refractivity contribution in [2.45, 2.75) is 19.4 Å². The van der Waals surface area contributed by atoms with E-state index in [2.05, 4.69) is 33.4 Å². The van der Waals surface area contributed by atoms with E-state index < -0.39 is 0 Å². The predicted molar refractivity (Wildman–Crippen MR) is 85.2 cm³/mol. The van der Waals surface area contributed by atoms with Crippen LogP contribution in [0.5, 0.6) is 5.75 Å². The van der Waals surface area contributed by atoms with Crippen molar-refractivity contribution in [3.8, 4) is 5.75 Å². The zero-order valence-corrected chi connectivity index (χ0v) is 13.2.